The van der Waals surface area contributed by atoms with Gasteiger partial charge in [0.05, 0.1) is 24.8 Å². The Hall–Kier alpha value is -2.84. The fourth-order valence-electron chi connectivity index (χ4n) is 4.97. The van der Waals surface area contributed by atoms with Crippen LogP contribution in [0.4, 0.5) is 26.0 Å². The molecule has 0 aliphatic carbocycles. The van der Waals surface area contributed by atoms with Crippen molar-refractivity contribution in [1.29, 1.82) is 0 Å². The predicted octanol–water partition coefficient (Wildman–Crippen LogP) is 4.98. The van der Waals surface area contributed by atoms with Crippen molar-refractivity contribution in [2.24, 2.45) is 0 Å². The fraction of sp³-hybridized carbons (Fsp3) is 0.583. The number of nitrogens with zero attached hydrogens (tertiary/aromatic N) is 4. The second kappa shape index (κ2) is 9.57. The van der Waals surface area contributed by atoms with Gasteiger partial charge in [-0.1, -0.05) is 26.7 Å². The number of amides is 1. The van der Waals surface area contributed by atoms with Crippen LogP contribution in [0, 0.1) is 0 Å². The van der Waals surface area contributed by atoms with Crippen molar-refractivity contribution in [1.82, 2.24) is 14.7 Å². The molecule has 0 fully saturated rings. The van der Waals surface area contributed by atoms with Crippen LogP contribution in [0.25, 0.3) is 0 Å². The van der Waals surface area contributed by atoms with Crippen LogP contribution in [0.5, 0.6) is 5.75 Å². The molecular formula is C24H33F2N5O2. The number of halogens is 2. The summed E-state index contributed by atoms with van der Waals surface area (Å²) in [6.07, 6.45) is 2.18. The Balaban J connectivity index is 1.85. The average molecular weight is 462 g/mol. The number of carbonyl (C=O) groups is 1. The molecule has 2 aromatic rings. The third-order valence-corrected chi connectivity index (χ3v) is 6.62. The van der Waals surface area contributed by atoms with Crippen LogP contribution in [-0.2, 0) is 17.8 Å². The average Bonchev–Trinajstić information content (AvgIpc) is 3.16. The molecule has 7 nitrogen and oxygen atoms in total. The Bertz CT molecular complexity index is 1020. The highest BCUT2D eigenvalue weighted by Gasteiger charge is 2.33. The molecule has 180 valence electrons. The van der Waals surface area contributed by atoms with Gasteiger partial charge in [0, 0.05) is 48.5 Å². The Kier molecular flexibility index (Phi) is 6.76. The second-order valence-corrected chi connectivity index (χ2v) is 8.86. The van der Waals surface area contributed by atoms with Gasteiger partial charge in [-0.15, -0.1) is 0 Å². The van der Waals surface area contributed by atoms with Crippen molar-refractivity contribution < 1.29 is 18.3 Å². The van der Waals surface area contributed by atoms with E-state index < -0.39 is 6.43 Å². The molecule has 0 radical (unpaired) electrons. The largest absolute Gasteiger partial charge is 0.489 e. The van der Waals surface area contributed by atoms with Gasteiger partial charge in [0.2, 0.25) is 5.91 Å². The standard InChI is InChI=1S/C24H33F2N5O2/c1-4-6-16(7-5-2)31-20-8-9-29(15(3)32)14-18(20)24(28-31)30-10-11-33-22-13-19(27)17(23(25)26)12-21(22)30/h12-13,16,23H,4-11,14,27H2,1-3H3. The van der Waals surface area contributed by atoms with Gasteiger partial charge in [-0.2, -0.15) is 5.10 Å². The highest BCUT2D eigenvalue weighted by Crippen LogP contribution is 2.44. The smallest absolute Gasteiger partial charge is 0.265 e. The summed E-state index contributed by atoms with van der Waals surface area (Å²) in [5, 5.41) is 5.07. The van der Waals surface area contributed by atoms with Gasteiger partial charge in [0.1, 0.15) is 12.4 Å². The van der Waals surface area contributed by atoms with E-state index in [1.165, 1.54) is 12.1 Å². The molecule has 9 heteroatoms. The molecule has 0 saturated heterocycles. The molecule has 2 aliphatic heterocycles. The Morgan fingerprint density at radius 3 is 2.58 bits per heavy atom. The minimum atomic E-state index is -2.68. The van der Waals surface area contributed by atoms with E-state index in [2.05, 4.69) is 18.5 Å². The van der Waals surface area contributed by atoms with E-state index in [4.69, 9.17) is 15.6 Å². The molecule has 0 atom stereocenters. The zero-order chi connectivity index (χ0) is 23.7. The lowest BCUT2D eigenvalue weighted by molar-refractivity contribution is -0.129. The van der Waals surface area contributed by atoms with E-state index in [1.807, 2.05) is 9.80 Å². The predicted molar refractivity (Wildman–Crippen MR) is 124 cm³/mol. The first-order chi connectivity index (χ1) is 15.8. The first-order valence-corrected chi connectivity index (χ1v) is 11.8. The van der Waals surface area contributed by atoms with Crippen molar-refractivity contribution >= 4 is 23.1 Å². The molecule has 0 spiro atoms. The van der Waals surface area contributed by atoms with Crippen LogP contribution in [0.15, 0.2) is 12.1 Å². The second-order valence-electron chi connectivity index (χ2n) is 8.86. The first-order valence-electron chi connectivity index (χ1n) is 11.8. The molecule has 0 saturated carbocycles. The van der Waals surface area contributed by atoms with Gasteiger partial charge in [-0.3, -0.25) is 9.48 Å². The lowest BCUT2D eigenvalue weighted by Gasteiger charge is -2.33. The van der Waals surface area contributed by atoms with E-state index >= 15 is 0 Å². The van der Waals surface area contributed by atoms with Crippen LogP contribution in [-0.4, -0.2) is 40.3 Å². The van der Waals surface area contributed by atoms with Crippen LogP contribution in [0.1, 0.15) is 75.7 Å². The van der Waals surface area contributed by atoms with Crippen LogP contribution >= 0.6 is 0 Å². The number of alkyl halides is 2. The van der Waals surface area contributed by atoms with Gasteiger partial charge in [-0.25, -0.2) is 8.78 Å². The maximum absolute atomic E-state index is 13.6. The summed E-state index contributed by atoms with van der Waals surface area (Å²) in [4.78, 5) is 15.9. The van der Waals surface area contributed by atoms with Crippen LogP contribution in [0.2, 0.25) is 0 Å². The minimum Gasteiger partial charge on any atom is -0.489 e. The van der Waals surface area contributed by atoms with Crippen LogP contribution in [0.3, 0.4) is 0 Å². The molecule has 0 unspecified atom stereocenters. The lowest BCUT2D eigenvalue weighted by Crippen LogP contribution is -2.36. The number of ether oxygens (including phenoxy) is 1. The van der Waals surface area contributed by atoms with E-state index in [1.54, 1.807) is 6.92 Å². The molecule has 0 bridgehead atoms. The molecule has 2 N–H and O–H groups in total. The van der Waals surface area contributed by atoms with Crippen LogP contribution < -0.4 is 15.4 Å². The van der Waals surface area contributed by atoms with E-state index in [-0.39, 0.29) is 23.2 Å². The van der Waals surface area contributed by atoms with Gasteiger partial charge in [0.15, 0.2) is 5.82 Å². The zero-order valence-electron chi connectivity index (χ0n) is 19.6. The number of anilines is 3. The first kappa shape index (κ1) is 23.3. The van der Waals surface area contributed by atoms with Gasteiger partial charge in [-0.05, 0) is 18.9 Å². The Labute approximate surface area is 193 Å². The highest BCUT2D eigenvalue weighted by atomic mass is 19.3. The van der Waals surface area contributed by atoms with Crippen molar-refractivity contribution in [3.8, 4) is 5.75 Å². The fourth-order valence-corrected chi connectivity index (χ4v) is 4.97. The molecule has 1 aromatic heterocycles. The highest BCUT2D eigenvalue weighted by molar-refractivity contribution is 5.77. The van der Waals surface area contributed by atoms with Crippen molar-refractivity contribution in [3.63, 3.8) is 0 Å². The molecule has 2 aliphatic rings. The van der Waals surface area contributed by atoms with Crippen molar-refractivity contribution in [2.75, 3.05) is 30.3 Å². The maximum Gasteiger partial charge on any atom is 0.265 e. The number of hydrogen-bond donors (Lipinski definition) is 1. The Morgan fingerprint density at radius 2 is 1.94 bits per heavy atom. The molecule has 33 heavy (non-hydrogen) atoms. The van der Waals surface area contributed by atoms with Gasteiger partial charge < -0.3 is 20.3 Å². The lowest BCUT2D eigenvalue weighted by atomic mass is 10.0. The van der Waals surface area contributed by atoms with E-state index in [0.717, 1.165) is 49.2 Å². The number of rotatable bonds is 7. The molecule has 1 aromatic carbocycles. The number of nitrogens with two attached hydrogens (primary N) is 1. The maximum atomic E-state index is 13.6. The third-order valence-electron chi connectivity index (χ3n) is 6.62. The molecule has 3 heterocycles. The molecular weight excluding hydrogens is 428 g/mol. The number of nitrogen functional groups attached to an aromatic ring is 1. The van der Waals surface area contributed by atoms with Gasteiger partial charge >= 0.3 is 0 Å². The quantitative estimate of drug-likeness (QED) is 0.589. The third kappa shape index (κ3) is 4.37. The molecule has 1 amide bonds. The summed E-state index contributed by atoms with van der Waals surface area (Å²) in [6.45, 7) is 7.92. The van der Waals surface area contributed by atoms with E-state index in [0.29, 0.717) is 37.7 Å². The number of fused-ring (bicyclic) bond motifs is 2. The summed E-state index contributed by atoms with van der Waals surface area (Å²) in [6, 6.07) is 3.17. The number of benzene rings is 1. The van der Waals surface area contributed by atoms with E-state index in [9.17, 15) is 13.6 Å². The summed E-state index contributed by atoms with van der Waals surface area (Å²) in [7, 11) is 0. The topological polar surface area (TPSA) is 76.6 Å². The summed E-state index contributed by atoms with van der Waals surface area (Å²) in [5.41, 5.74) is 8.35. The summed E-state index contributed by atoms with van der Waals surface area (Å²) in [5.74, 6) is 1.22. The molecule has 4 rings (SSSR count). The number of aromatic nitrogens is 2. The Morgan fingerprint density at radius 1 is 1.21 bits per heavy atom. The monoisotopic (exact) mass is 461 g/mol. The normalized spacial score (nSPS) is 15.6. The summed E-state index contributed by atoms with van der Waals surface area (Å²) < 4.78 is 35.1. The SMILES string of the molecule is CCCC(CCC)n1nc(N2CCOc3cc(N)c(C(F)F)cc32)c2c1CCN(C(C)=O)C2. The summed E-state index contributed by atoms with van der Waals surface area (Å²) >= 11 is 0. The van der Waals surface area contributed by atoms with Gasteiger partial charge in [0.25, 0.3) is 6.43 Å². The minimum absolute atomic E-state index is 0.0202. The number of carbonyl (C=O) groups excluding carboxylic acids is 1. The zero-order valence-corrected chi connectivity index (χ0v) is 19.6. The number of hydrogen-bond acceptors (Lipinski definition) is 5. The van der Waals surface area contributed by atoms with Crippen molar-refractivity contribution in [3.05, 3.63) is 29.0 Å². The van der Waals surface area contributed by atoms with Crippen molar-refractivity contribution in [2.45, 2.75) is 71.9 Å².